The normalized spacial score (nSPS) is 18.1. The molecule has 2 aromatic carbocycles. The lowest BCUT2D eigenvalue weighted by molar-refractivity contribution is -0.152. The van der Waals surface area contributed by atoms with Crippen molar-refractivity contribution in [3.05, 3.63) is 65.7 Å². The Labute approximate surface area is 225 Å². The second-order valence-electron chi connectivity index (χ2n) is 10.8. The molecular weight excluding hydrogens is 484 g/mol. The molecular formula is C30H40N2O6. The first kappa shape index (κ1) is 29.0. The molecule has 1 aliphatic heterocycles. The van der Waals surface area contributed by atoms with E-state index in [1.54, 1.807) is 4.90 Å². The zero-order chi connectivity index (χ0) is 27.8. The van der Waals surface area contributed by atoms with E-state index in [9.17, 15) is 14.4 Å². The first-order valence-electron chi connectivity index (χ1n) is 13.2. The average Bonchev–Trinajstić information content (AvgIpc) is 3.19. The fraction of sp³-hybridized carbons (Fsp3) is 0.500. The number of nitrogens with zero attached hydrogens (tertiary/aromatic N) is 1. The molecule has 1 N–H and O–H groups in total. The standard InChI is InChI=1S/C30H40N2O6/c1-29(2,3)38-28(35)31-19-10-9-13-25(26(33)36-5)32-20-18-30(4,27(32)34)23-14-16-24(17-15-23)37-21-22-11-7-6-8-12-22/h6-8,11-12,14-17,25H,9-10,13,18-21H2,1-5H3,(H,31,35)/t25-,30+/m1/s1. The summed E-state index contributed by atoms with van der Waals surface area (Å²) in [5, 5.41) is 2.72. The number of methoxy groups -OCH3 is 1. The molecule has 2 atom stereocenters. The molecule has 8 heteroatoms. The fourth-order valence-electron chi connectivity index (χ4n) is 4.60. The summed E-state index contributed by atoms with van der Waals surface area (Å²) >= 11 is 0. The topological polar surface area (TPSA) is 94.2 Å². The number of alkyl carbamates (subject to hydrolysis) is 1. The van der Waals surface area contributed by atoms with Gasteiger partial charge in [0.15, 0.2) is 0 Å². The van der Waals surface area contributed by atoms with Crippen LogP contribution in [-0.2, 0) is 31.1 Å². The minimum atomic E-state index is -0.734. The van der Waals surface area contributed by atoms with Gasteiger partial charge in [0.1, 0.15) is 24.0 Å². The lowest BCUT2D eigenvalue weighted by Gasteiger charge is -2.29. The molecule has 0 aromatic heterocycles. The number of ether oxygens (including phenoxy) is 3. The minimum Gasteiger partial charge on any atom is -0.489 e. The van der Waals surface area contributed by atoms with E-state index in [1.807, 2.05) is 82.3 Å². The van der Waals surface area contributed by atoms with Crippen LogP contribution < -0.4 is 10.1 Å². The summed E-state index contributed by atoms with van der Waals surface area (Å²) in [5.41, 5.74) is 0.683. The molecule has 0 bridgehead atoms. The molecule has 0 saturated carbocycles. The van der Waals surface area contributed by atoms with Crippen LogP contribution in [0.1, 0.15) is 64.5 Å². The maximum atomic E-state index is 13.6. The largest absolute Gasteiger partial charge is 0.489 e. The number of rotatable bonds is 11. The Balaban J connectivity index is 1.57. The van der Waals surface area contributed by atoms with E-state index < -0.39 is 29.1 Å². The fourth-order valence-corrected chi connectivity index (χ4v) is 4.60. The summed E-state index contributed by atoms with van der Waals surface area (Å²) in [5.74, 6) is 0.223. The highest BCUT2D eigenvalue weighted by Gasteiger charge is 2.47. The van der Waals surface area contributed by atoms with Crippen molar-refractivity contribution in [3.63, 3.8) is 0 Å². The molecule has 1 fully saturated rings. The Morgan fingerprint density at radius 2 is 1.74 bits per heavy atom. The molecule has 2 aromatic rings. The number of carbonyl (C=O) groups is 3. The maximum Gasteiger partial charge on any atom is 0.407 e. The van der Waals surface area contributed by atoms with E-state index >= 15 is 0 Å². The number of unbranched alkanes of at least 4 members (excludes halogenated alkanes) is 1. The van der Waals surface area contributed by atoms with E-state index in [1.165, 1.54) is 7.11 Å². The second kappa shape index (κ2) is 12.8. The van der Waals surface area contributed by atoms with Gasteiger partial charge in [-0.3, -0.25) is 4.79 Å². The number of esters is 1. The molecule has 8 nitrogen and oxygen atoms in total. The Bertz CT molecular complexity index is 1080. The first-order valence-corrected chi connectivity index (χ1v) is 13.2. The summed E-state index contributed by atoms with van der Waals surface area (Å²) in [6, 6.07) is 16.9. The number of likely N-dealkylation sites (tertiary alicyclic amines) is 1. The second-order valence-corrected chi connectivity index (χ2v) is 10.8. The third-order valence-corrected chi connectivity index (χ3v) is 6.75. The van der Waals surface area contributed by atoms with Crippen LogP contribution in [-0.4, -0.2) is 54.7 Å². The van der Waals surface area contributed by atoms with Gasteiger partial charge in [0.05, 0.1) is 12.5 Å². The Morgan fingerprint density at radius 1 is 1.05 bits per heavy atom. The van der Waals surface area contributed by atoms with E-state index in [-0.39, 0.29) is 5.91 Å². The predicted molar refractivity (Wildman–Crippen MR) is 145 cm³/mol. The summed E-state index contributed by atoms with van der Waals surface area (Å²) in [6.07, 6.45) is 1.88. The van der Waals surface area contributed by atoms with Crippen LogP contribution >= 0.6 is 0 Å². The summed E-state index contributed by atoms with van der Waals surface area (Å²) in [4.78, 5) is 39.7. The van der Waals surface area contributed by atoms with Gasteiger partial charge in [-0.05, 0) is 76.6 Å². The molecule has 3 rings (SSSR count). The van der Waals surface area contributed by atoms with Crippen molar-refractivity contribution < 1.29 is 28.6 Å². The van der Waals surface area contributed by atoms with Gasteiger partial charge in [-0.15, -0.1) is 0 Å². The van der Waals surface area contributed by atoms with Crippen molar-refractivity contribution in [2.75, 3.05) is 20.2 Å². The van der Waals surface area contributed by atoms with Crippen molar-refractivity contribution in [2.24, 2.45) is 0 Å². The third-order valence-electron chi connectivity index (χ3n) is 6.75. The van der Waals surface area contributed by atoms with Crippen molar-refractivity contribution in [3.8, 4) is 5.75 Å². The van der Waals surface area contributed by atoms with E-state index in [4.69, 9.17) is 14.2 Å². The van der Waals surface area contributed by atoms with Gasteiger partial charge in [-0.25, -0.2) is 9.59 Å². The zero-order valence-electron chi connectivity index (χ0n) is 23.1. The van der Waals surface area contributed by atoms with E-state index in [2.05, 4.69) is 5.32 Å². The molecule has 0 unspecified atom stereocenters. The van der Waals surface area contributed by atoms with Crippen LogP contribution in [0.4, 0.5) is 4.79 Å². The Kier molecular flexibility index (Phi) is 9.78. The monoisotopic (exact) mass is 524 g/mol. The lowest BCUT2D eigenvalue weighted by Crippen LogP contribution is -2.46. The van der Waals surface area contributed by atoms with Gasteiger partial charge in [-0.1, -0.05) is 42.5 Å². The maximum absolute atomic E-state index is 13.6. The number of hydrogen-bond acceptors (Lipinski definition) is 6. The minimum absolute atomic E-state index is 0.0854. The number of carbonyl (C=O) groups excluding carboxylic acids is 3. The molecule has 38 heavy (non-hydrogen) atoms. The number of nitrogens with one attached hydrogen (secondary N) is 1. The highest BCUT2D eigenvalue weighted by atomic mass is 16.6. The summed E-state index contributed by atoms with van der Waals surface area (Å²) < 4.78 is 16.2. The van der Waals surface area contributed by atoms with Crippen molar-refractivity contribution in [2.45, 2.75) is 77.0 Å². The molecule has 1 heterocycles. The van der Waals surface area contributed by atoms with Crippen LogP contribution in [0.15, 0.2) is 54.6 Å². The van der Waals surface area contributed by atoms with Gasteiger partial charge < -0.3 is 24.4 Å². The van der Waals surface area contributed by atoms with E-state index in [0.29, 0.717) is 45.4 Å². The van der Waals surface area contributed by atoms with Crippen LogP contribution in [0.3, 0.4) is 0 Å². The van der Waals surface area contributed by atoms with Crippen molar-refractivity contribution >= 4 is 18.0 Å². The van der Waals surface area contributed by atoms with Gasteiger partial charge >= 0.3 is 12.1 Å². The molecule has 2 amide bonds. The SMILES string of the molecule is COC(=O)[C@@H](CCCCNC(=O)OC(C)(C)C)N1CC[C@@](C)(c2ccc(OCc3ccccc3)cc2)C1=O. The first-order chi connectivity index (χ1) is 18.0. The van der Waals surface area contributed by atoms with Crippen molar-refractivity contribution in [1.82, 2.24) is 10.2 Å². The summed E-state index contributed by atoms with van der Waals surface area (Å²) in [7, 11) is 1.34. The number of hydrogen-bond donors (Lipinski definition) is 1. The van der Waals surface area contributed by atoms with Gasteiger partial charge in [-0.2, -0.15) is 0 Å². The zero-order valence-corrected chi connectivity index (χ0v) is 23.1. The van der Waals surface area contributed by atoms with Crippen molar-refractivity contribution in [1.29, 1.82) is 0 Å². The van der Waals surface area contributed by atoms with Crippen LogP contribution in [0.25, 0.3) is 0 Å². The van der Waals surface area contributed by atoms with Gasteiger partial charge in [0, 0.05) is 13.1 Å². The van der Waals surface area contributed by atoms with E-state index in [0.717, 1.165) is 16.9 Å². The average molecular weight is 525 g/mol. The molecule has 0 spiro atoms. The van der Waals surface area contributed by atoms with Gasteiger partial charge in [0.25, 0.3) is 0 Å². The van der Waals surface area contributed by atoms with Crippen LogP contribution in [0.2, 0.25) is 0 Å². The lowest BCUT2D eigenvalue weighted by atomic mass is 9.81. The molecule has 206 valence electrons. The van der Waals surface area contributed by atoms with Crippen LogP contribution in [0.5, 0.6) is 5.75 Å². The Hall–Kier alpha value is -3.55. The van der Waals surface area contributed by atoms with Crippen LogP contribution in [0, 0.1) is 0 Å². The number of benzene rings is 2. The summed E-state index contributed by atoms with van der Waals surface area (Å²) in [6.45, 7) is 8.71. The highest BCUT2D eigenvalue weighted by molar-refractivity contribution is 5.93. The Morgan fingerprint density at radius 3 is 2.37 bits per heavy atom. The predicted octanol–water partition coefficient (Wildman–Crippen LogP) is 4.99. The molecule has 0 aliphatic carbocycles. The highest BCUT2D eigenvalue weighted by Crippen LogP contribution is 2.38. The number of amides is 2. The quantitative estimate of drug-likeness (QED) is 0.329. The molecule has 0 radical (unpaired) electrons. The molecule has 1 aliphatic rings. The smallest absolute Gasteiger partial charge is 0.407 e. The molecule has 1 saturated heterocycles. The van der Waals surface area contributed by atoms with Gasteiger partial charge in [0.2, 0.25) is 5.91 Å². The third kappa shape index (κ3) is 7.73.